The molecule has 0 aliphatic heterocycles. The summed E-state index contributed by atoms with van der Waals surface area (Å²) < 4.78 is 5.07. The highest BCUT2D eigenvalue weighted by molar-refractivity contribution is 5.78. The molecular formula is C14H18N2O2. The molecule has 96 valence electrons. The topological polar surface area (TPSA) is 53.3 Å². The van der Waals surface area contributed by atoms with Crippen LogP contribution in [0.3, 0.4) is 0 Å². The lowest BCUT2D eigenvalue weighted by Gasteiger charge is -2.24. The Balaban J connectivity index is 2.86. The summed E-state index contributed by atoms with van der Waals surface area (Å²) in [6, 6.07) is 7.83. The van der Waals surface area contributed by atoms with Gasteiger partial charge in [0.15, 0.2) is 0 Å². The van der Waals surface area contributed by atoms with E-state index >= 15 is 0 Å². The number of hydrogen-bond acceptors (Lipinski definition) is 4. The Kier molecular flexibility index (Phi) is 5.89. The third-order valence-corrected chi connectivity index (χ3v) is 2.80. The van der Waals surface area contributed by atoms with E-state index in [9.17, 15) is 4.79 Å². The number of anilines is 1. The highest BCUT2D eigenvalue weighted by Gasteiger charge is 2.07. The van der Waals surface area contributed by atoms with E-state index in [-0.39, 0.29) is 0 Å². The number of ether oxygens (including phenoxy) is 1. The van der Waals surface area contributed by atoms with Gasteiger partial charge in [-0.05, 0) is 30.7 Å². The van der Waals surface area contributed by atoms with Crippen molar-refractivity contribution in [2.24, 2.45) is 0 Å². The Morgan fingerprint density at radius 2 is 2.22 bits per heavy atom. The number of nitrogens with zero attached hydrogens (tertiary/aromatic N) is 2. The Morgan fingerprint density at radius 3 is 2.78 bits per heavy atom. The molecule has 4 heteroatoms. The molecule has 0 aliphatic rings. The van der Waals surface area contributed by atoms with Crippen molar-refractivity contribution in [3.8, 4) is 6.07 Å². The summed E-state index contributed by atoms with van der Waals surface area (Å²) in [5.74, 6) is 0. The molecule has 0 aliphatic carbocycles. The summed E-state index contributed by atoms with van der Waals surface area (Å²) in [6.45, 7) is 3.92. The Labute approximate surface area is 108 Å². The lowest BCUT2D eigenvalue weighted by molar-refractivity contribution is 0.112. The fourth-order valence-corrected chi connectivity index (χ4v) is 1.75. The van der Waals surface area contributed by atoms with E-state index in [0.717, 1.165) is 24.1 Å². The summed E-state index contributed by atoms with van der Waals surface area (Å²) >= 11 is 0. The summed E-state index contributed by atoms with van der Waals surface area (Å²) in [4.78, 5) is 12.9. The zero-order chi connectivity index (χ0) is 13.4. The van der Waals surface area contributed by atoms with Gasteiger partial charge in [0.05, 0.1) is 19.1 Å². The van der Waals surface area contributed by atoms with E-state index in [1.165, 1.54) is 0 Å². The molecule has 0 saturated carbocycles. The van der Waals surface area contributed by atoms with Crippen molar-refractivity contribution in [1.82, 2.24) is 0 Å². The first-order chi connectivity index (χ1) is 8.72. The fraction of sp³-hybridized carbons (Fsp3) is 0.429. The van der Waals surface area contributed by atoms with Crippen LogP contribution in [0.25, 0.3) is 0 Å². The second-order valence-electron chi connectivity index (χ2n) is 4.05. The average molecular weight is 246 g/mol. The van der Waals surface area contributed by atoms with Gasteiger partial charge < -0.3 is 9.64 Å². The molecule has 18 heavy (non-hydrogen) atoms. The highest BCUT2D eigenvalue weighted by Crippen LogP contribution is 2.18. The van der Waals surface area contributed by atoms with E-state index in [1.54, 1.807) is 7.11 Å². The van der Waals surface area contributed by atoms with Crippen molar-refractivity contribution in [1.29, 1.82) is 5.26 Å². The molecule has 0 aromatic heterocycles. The van der Waals surface area contributed by atoms with Crippen LogP contribution in [0.1, 0.15) is 22.3 Å². The van der Waals surface area contributed by atoms with Gasteiger partial charge in [-0.3, -0.25) is 4.79 Å². The molecule has 0 radical (unpaired) electrons. The van der Waals surface area contributed by atoms with Gasteiger partial charge in [-0.1, -0.05) is 0 Å². The minimum absolute atomic E-state index is 0.470. The van der Waals surface area contributed by atoms with Crippen molar-refractivity contribution in [3.05, 3.63) is 29.3 Å². The van der Waals surface area contributed by atoms with Gasteiger partial charge in [-0.25, -0.2) is 0 Å². The molecule has 1 rings (SSSR count). The minimum Gasteiger partial charge on any atom is -0.383 e. The van der Waals surface area contributed by atoms with Crippen LogP contribution < -0.4 is 4.90 Å². The molecule has 1 aromatic carbocycles. The van der Waals surface area contributed by atoms with Crippen LogP contribution in [0.5, 0.6) is 0 Å². The molecule has 1 aromatic rings. The van der Waals surface area contributed by atoms with Gasteiger partial charge in [0.2, 0.25) is 0 Å². The molecule has 0 amide bonds. The van der Waals surface area contributed by atoms with E-state index in [4.69, 9.17) is 10.00 Å². The SMILES string of the molecule is COCCN(CCC#N)c1ccc(C=O)c(C)c1. The van der Waals surface area contributed by atoms with E-state index in [2.05, 4.69) is 11.0 Å². The maximum Gasteiger partial charge on any atom is 0.150 e. The van der Waals surface area contributed by atoms with Gasteiger partial charge in [-0.2, -0.15) is 5.26 Å². The second kappa shape index (κ2) is 7.46. The molecule has 4 nitrogen and oxygen atoms in total. The Bertz CT molecular complexity index is 438. The summed E-state index contributed by atoms with van der Waals surface area (Å²) in [7, 11) is 1.66. The molecule has 0 fully saturated rings. The quantitative estimate of drug-likeness (QED) is 0.692. The van der Waals surface area contributed by atoms with Gasteiger partial charge in [0, 0.05) is 31.5 Å². The first-order valence-corrected chi connectivity index (χ1v) is 5.89. The van der Waals surface area contributed by atoms with Crippen LogP contribution >= 0.6 is 0 Å². The Hall–Kier alpha value is -1.86. The molecule has 0 bridgehead atoms. The molecule has 0 unspecified atom stereocenters. The number of nitriles is 1. The molecular weight excluding hydrogens is 228 g/mol. The molecule has 0 heterocycles. The maximum atomic E-state index is 10.8. The standard InChI is InChI=1S/C14H18N2O2/c1-12-10-14(5-4-13(12)11-17)16(7-3-6-15)8-9-18-2/h4-5,10-11H,3,7-9H2,1-2H3. The zero-order valence-corrected chi connectivity index (χ0v) is 10.8. The van der Waals surface area contributed by atoms with Crippen molar-refractivity contribution < 1.29 is 9.53 Å². The minimum atomic E-state index is 0.470. The number of hydrogen-bond donors (Lipinski definition) is 0. The number of aryl methyl sites for hydroxylation is 1. The molecule has 0 atom stereocenters. The molecule has 0 spiro atoms. The summed E-state index contributed by atoms with van der Waals surface area (Å²) in [5, 5.41) is 8.67. The average Bonchev–Trinajstić information content (AvgIpc) is 2.39. The first-order valence-electron chi connectivity index (χ1n) is 5.89. The number of rotatable bonds is 7. The smallest absolute Gasteiger partial charge is 0.150 e. The van der Waals surface area contributed by atoms with E-state index in [1.807, 2.05) is 25.1 Å². The number of methoxy groups -OCH3 is 1. The van der Waals surface area contributed by atoms with E-state index < -0.39 is 0 Å². The number of carbonyl (C=O) groups is 1. The third-order valence-electron chi connectivity index (χ3n) is 2.80. The van der Waals surface area contributed by atoms with Crippen molar-refractivity contribution in [2.75, 3.05) is 31.7 Å². The second-order valence-corrected chi connectivity index (χ2v) is 4.05. The summed E-state index contributed by atoms with van der Waals surface area (Å²) in [6.07, 6.45) is 1.33. The lowest BCUT2D eigenvalue weighted by Crippen LogP contribution is -2.28. The van der Waals surface area contributed by atoms with Gasteiger partial charge in [0.1, 0.15) is 6.29 Å². The zero-order valence-electron chi connectivity index (χ0n) is 10.8. The van der Waals surface area contributed by atoms with Crippen LogP contribution in [0.15, 0.2) is 18.2 Å². The molecule has 0 saturated heterocycles. The normalized spacial score (nSPS) is 9.83. The first kappa shape index (κ1) is 14.2. The highest BCUT2D eigenvalue weighted by atomic mass is 16.5. The number of carbonyl (C=O) groups excluding carboxylic acids is 1. The van der Waals surface area contributed by atoms with Gasteiger partial charge in [-0.15, -0.1) is 0 Å². The number of benzene rings is 1. The van der Waals surface area contributed by atoms with Gasteiger partial charge in [0.25, 0.3) is 0 Å². The third kappa shape index (κ3) is 3.86. The van der Waals surface area contributed by atoms with Crippen LogP contribution in [-0.2, 0) is 4.74 Å². The van der Waals surface area contributed by atoms with Crippen molar-refractivity contribution in [2.45, 2.75) is 13.3 Å². The number of aldehydes is 1. The van der Waals surface area contributed by atoms with Crippen molar-refractivity contribution >= 4 is 12.0 Å². The van der Waals surface area contributed by atoms with E-state index in [0.29, 0.717) is 25.1 Å². The fourth-order valence-electron chi connectivity index (χ4n) is 1.75. The Morgan fingerprint density at radius 1 is 1.44 bits per heavy atom. The predicted octanol–water partition coefficient (Wildman–Crippen LogP) is 2.17. The van der Waals surface area contributed by atoms with Crippen LogP contribution in [0, 0.1) is 18.3 Å². The van der Waals surface area contributed by atoms with Crippen molar-refractivity contribution in [3.63, 3.8) is 0 Å². The van der Waals surface area contributed by atoms with Crippen LogP contribution in [-0.4, -0.2) is 33.1 Å². The summed E-state index contributed by atoms with van der Waals surface area (Å²) in [5.41, 5.74) is 2.66. The largest absolute Gasteiger partial charge is 0.383 e. The molecule has 0 N–H and O–H groups in total. The maximum absolute atomic E-state index is 10.8. The van der Waals surface area contributed by atoms with Gasteiger partial charge >= 0.3 is 0 Å². The monoisotopic (exact) mass is 246 g/mol. The predicted molar refractivity (Wildman–Crippen MR) is 70.9 cm³/mol. The van der Waals surface area contributed by atoms with Crippen LogP contribution in [0.4, 0.5) is 5.69 Å². The lowest BCUT2D eigenvalue weighted by atomic mass is 10.1. The van der Waals surface area contributed by atoms with Crippen LogP contribution in [0.2, 0.25) is 0 Å².